The van der Waals surface area contributed by atoms with Gasteiger partial charge in [0, 0.05) is 0 Å². The Kier molecular flexibility index (Phi) is 5.20. The number of thiophene rings is 1. The van der Waals surface area contributed by atoms with E-state index in [4.69, 9.17) is 17.4 Å². The Labute approximate surface area is 116 Å². The summed E-state index contributed by atoms with van der Waals surface area (Å²) in [5, 5.41) is 7.39. The fourth-order valence-corrected chi connectivity index (χ4v) is 3.49. The van der Waals surface area contributed by atoms with Crippen LogP contribution >= 0.6 is 11.3 Å². The lowest BCUT2D eigenvalue weighted by Gasteiger charge is -2.10. The molecule has 1 amide bonds. The van der Waals surface area contributed by atoms with Crippen molar-refractivity contribution in [3.8, 4) is 0 Å². The van der Waals surface area contributed by atoms with E-state index in [2.05, 4.69) is 9.21 Å². The van der Waals surface area contributed by atoms with Crippen LogP contribution in [-0.2, 0) is 14.7 Å². The molecule has 0 spiro atoms. The van der Waals surface area contributed by atoms with Crippen LogP contribution in [0.4, 0.5) is 5.00 Å². The standard InChI is InChI=1S/C11H16N4O2S2/c1-7(2)4-9(12)11(16)15-19(13,17)8-5-10(14-3)18-6-8/h5-7,9H,4,12H2,1-2H3,(H2,13,15,16,17)/t9-,19?/m0/s1. The first kappa shape index (κ1) is 15.8. The molecule has 1 unspecified atom stereocenters. The van der Waals surface area contributed by atoms with E-state index in [1.165, 1.54) is 11.4 Å². The van der Waals surface area contributed by atoms with Crippen molar-refractivity contribution in [2.24, 2.45) is 21.2 Å². The average molecular weight is 300 g/mol. The van der Waals surface area contributed by atoms with Gasteiger partial charge in [0.25, 0.3) is 5.91 Å². The van der Waals surface area contributed by atoms with Gasteiger partial charge in [-0.05, 0) is 23.8 Å². The van der Waals surface area contributed by atoms with Crippen molar-refractivity contribution < 1.29 is 9.00 Å². The molecular formula is C11H16N4O2S2. The van der Waals surface area contributed by atoms with Gasteiger partial charge in [-0.15, -0.1) is 4.36 Å². The number of hydrogen-bond donors (Lipinski definition) is 2. The molecule has 1 heterocycles. The number of carbonyl (C=O) groups excluding carboxylic acids is 1. The highest BCUT2D eigenvalue weighted by atomic mass is 32.2. The van der Waals surface area contributed by atoms with Gasteiger partial charge in [-0.1, -0.05) is 13.8 Å². The molecular weight excluding hydrogens is 284 g/mol. The molecule has 0 bridgehead atoms. The van der Waals surface area contributed by atoms with Crippen LogP contribution in [0.15, 0.2) is 20.7 Å². The summed E-state index contributed by atoms with van der Waals surface area (Å²) in [7, 11) is -3.32. The first-order chi connectivity index (χ1) is 8.76. The van der Waals surface area contributed by atoms with Crippen molar-refractivity contribution in [3.05, 3.63) is 22.9 Å². The minimum absolute atomic E-state index is 0.189. The predicted octanol–water partition coefficient (Wildman–Crippen LogP) is 1.90. The zero-order valence-corrected chi connectivity index (χ0v) is 12.3. The summed E-state index contributed by atoms with van der Waals surface area (Å²) in [5.41, 5.74) is 5.66. The predicted molar refractivity (Wildman–Crippen MR) is 76.0 cm³/mol. The van der Waals surface area contributed by atoms with Crippen molar-refractivity contribution in [1.29, 1.82) is 0 Å². The zero-order valence-electron chi connectivity index (χ0n) is 10.7. The van der Waals surface area contributed by atoms with Crippen LogP contribution in [0, 0.1) is 12.5 Å². The highest BCUT2D eigenvalue weighted by molar-refractivity contribution is 7.91. The maximum absolute atomic E-state index is 12.2. The lowest BCUT2D eigenvalue weighted by Crippen LogP contribution is -2.32. The van der Waals surface area contributed by atoms with Crippen molar-refractivity contribution in [2.45, 2.75) is 31.2 Å². The molecule has 0 saturated heterocycles. The summed E-state index contributed by atoms with van der Waals surface area (Å²) in [6.45, 7) is 10.7. The molecule has 1 rings (SSSR count). The third kappa shape index (κ3) is 4.40. The smallest absolute Gasteiger partial charge is 0.271 e. The summed E-state index contributed by atoms with van der Waals surface area (Å²) in [6.07, 6.45) is 0.453. The normalized spacial score (nSPS) is 15.6. The summed E-state index contributed by atoms with van der Waals surface area (Å²) in [4.78, 5) is 15.1. The number of nitrogens with zero attached hydrogens (tertiary/aromatic N) is 2. The van der Waals surface area contributed by atoms with Crippen LogP contribution in [-0.4, -0.2) is 16.2 Å². The van der Waals surface area contributed by atoms with Crippen LogP contribution in [0.2, 0.25) is 0 Å². The molecule has 0 fully saturated rings. The second-order valence-corrected chi connectivity index (χ2v) is 7.15. The SMILES string of the molecule is [C-]#[N+]c1cc(S(N)(=O)=NC(=O)[C@@H](N)CC(C)C)cs1. The molecule has 2 atom stereocenters. The minimum Gasteiger partial charge on any atom is -0.320 e. The molecule has 104 valence electrons. The quantitative estimate of drug-likeness (QED) is 0.830. The fourth-order valence-electron chi connectivity index (χ4n) is 1.38. The molecule has 0 aliphatic heterocycles. The summed E-state index contributed by atoms with van der Waals surface area (Å²) >= 11 is 1.11. The van der Waals surface area contributed by atoms with E-state index in [0.717, 1.165) is 11.3 Å². The van der Waals surface area contributed by atoms with E-state index in [-0.39, 0.29) is 10.8 Å². The van der Waals surface area contributed by atoms with Crippen LogP contribution in [0.25, 0.3) is 4.85 Å². The summed E-state index contributed by atoms with van der Waals surface area (Å²) in [5.74, 6) is -0.436. The second kappa shape index (κ2) is 6.25. The third-order valence-electron chi connectivity index (χ3n) is 2.28. The van der Waals surface area contributed by atoms with Crippen LogP contribution in [0.1, 0.15) is 20.3 Å². The highest BCUT2D eigenvalue weighted by Crippen LogP contribution is 2.26. The Hall–Kier alpha value is -1.27. The average Bonchev–Trinajstić information content (AvgIpc) is 2.76. The van der Waals surface area contributed by atoms with Crippen molar-refractivity contribution in [1.82, 2.24) is 0 Å². The van der Waals surface area contributed by atoms with Gasteiger partial charge in [0.1, 0.15) is 9.92 Å². The van der Waals surface area contributed by atoms with Crippen molar-refractivity contribution >= 4 is 32.2 Å². The summed E-state index contributed by atoms with van der Waals surface area (Å²) in [6, 6.07) is 0.577. The van der Waals surface area contributed by atoms with E-state index in [9.17, 15) is 9.00 Å². The topological polar surface area (TPSA) is 103 Å². The van der Waals surface area contributed by atoms with Gasteiger partial charge < -0.3 is 5.73 Å². The Morgan fingerprint density at radius 3 is 2.74 bits per heavy atom. The Balaban J connectivity index is 2.99. The molecule has 1 aromatic heterocycles. The largest absolute Gasteiger partial charge is 0.320 e. The Bertz CT molecular complexity index is 621. The monoisotopic (exact) mass is 300 g/mol. The lowest BCUT2D eigenvalue weighted by atomic mass is 10.0. The molecule has 6 nitrogen and oxygen atoms in total. The van der Waals surface area contributed by atoms with E-state index < -0.39 is 21.9 Å². The van der Waals surface area contributed by atoms with Gasteiger partial charge in [0.05, 0.1) is 17.5 Å². The maximum Gasteiger partial charge on any atom is 0.271 e. The fraction of sp³-hybridized carbons (Fsp3) is 0.455. The van der Waals surface area contributed by atoms with Crippen LogP contribution < -0.4 is 10.9 Å². The summed E-state index contributed by atoms with van der Waals surface area (Å²) < 4.78 is 15.7. The van der Waals surface area contributed by atoms with E-state index in [0.29, 0.717) is 11.4 Å². The van der Waals surface area contributed by atoms with Crippen molar-refractivity contribution in [2.75, 3.05) is 0 Å². The maximum atomic E-state index is 12.2. The second-order valence-electron chi connectivity index (χ2n) is 4.47. The minimum atomic E-state index is -3.32. The van der Waals surface area contributed by atoms with E-state index in [1.54, 1.807) is 0 Å². The molecule has 0 radical (unpaired) electrons. The van der Waals surface area contributed by atoms with Gasteiger partial charge in [-0.3, -0.25) is 4.79 Å². The molecule has 0 aliphatic rings. The molecule has 4 N–H and O–H groups in total. The zero-order chi connectivity index (χ0) is 14.6. The Morgan fingerprint density at radius 2 is 2.26 bits per heavy atom. The Morgan fingerprint density at radius 1 is 1.63 bits per heavy atom. The van der Waals surface area contributed by atoms with Gasteiger partial charge in [0.15, 0.2) is 0 Å². The molecule has 0 saturated carbocycles. The number of rotatable bonds is 4. The van der Waals surface area contributed by atoms with E-state index >= 15 is 0 Å². The molecule has 19 heavy (non-hydrogen) atoms. The van der Waals surface area contributed by atoms with E-state index in [1.807, 2.05) is 13.8 Å². The number of hydrogen-bond acceptors (Lipinski definition) is 4. The first-order valence-corrected chi connectivity index (χ1v) is 8.02. The number of carbonyl (C=O) groups is 1. The highest BCUT2D eigenvalue weighted by Gasteiger charge is 2.18. The number of amides is 1. The third-order valence-corrected chi connectivity index (χ3v) is 4.61. The van der Waals surface area contributed by atoms with Crippen LogP contribution in [0.5, 0.6) is 0 Å². The first-order valence-electron chi connectivity index (χ1n) is 5.56. The van der Waals surface area contributed by atoms with Gasteiger partial charge in [0.2, 0.25) is 5.00 Å². The van der Waals surface area contributed by atoms with Gasteiger partial charge in [-0.25, -0.2) is 14.2 Å². The van der Waals surface area contributed by atoms with Gasteiger partial charge >= 0.3 is 0 Å². The van der Waals surface area contributed by atoms with Crippen LogP contribution in [0.3, 0.4) is 0 Å². The molecule has 1 aromatic rings. The van der Waals surface area contributed by atoms with Gasteiger partial charge in [-0.2, -0.15) is 11.3 Å². The molecule has 0 aromatic carbocycles. The molecule has 8 heteroatoms. The molecule has 0 aliphatic carbocycles. The van der Waals surface area contributed by atoms with Crippen molar-refractivity contribution in [3.63, 3.8) is 0 Å². The lowest BCUT2D eigenvalue weighted by molar-refractivity contribution is -0.119. The number of nitrogens with two attached hydrogens (primary N) is 2.